The van der Waals surface area contributed by atoms with E-state index in [0.29, 0.717) is 17.5 Å². The number of carbonyl (C=O) groups is 3. The maximum absolute atomic E-state index is 13.5. The highest BCUT2D eigenvalue weighted by Gasteiger charge is 2.39. The first kappa shape index (κ1) is 28.1. The lowest BCUT2D eigenvalue weighted by molar-refractivity contribution is -0.142. The highest BCUT2D eigenvalue weighted by molar-refractivity contribution is 7.89. The van der Waals surface area contributed by atoms with Crippen molar-refractivity contribution in [2.75, 3.05) is 25.0 Å². The second-order valence-electron chi connectivity index (χ2n) is 10.1. The molecule has 2 fully saturated rings. The Balaban J connectivity index is 1.32. The fourth-order valence-electron chi connectivity index (χ4n) is 5.38. The van der Waals surface area contributed by atoms with Crippen molar-refractivity contribution in [3.05, 3.63) is 71.5 Å². The van der Waals surface area contributed by atoms with Gasteiger partial charge in [-0.05, 0) is 36.6 Å². The summed E-state index contributed by atoms with van der Waals surface area (Å²) in [6, 6.07) is 10.0. The molecule has 5 rings (SSSR count). The Morgan fingerprint density at radius 1 is 1.02 bits per heavy atom. The van der Waals surface area contributed by atoms with Crippen molar-refractivity contribution < 1.29 is 22.8 Å². The highest BCUT2D eigenvalue weighted by Crippen LogP contribution is 2.30. The molecule has 10 nitrogen and oxygen atoms in total. The van der Waals surface area contributed by atoms with Gasteiger partial charge in [0.2, 0.25) is 27.6 Å². The fraction of sp³-hybridized carbons (Fsp3) is 0.393. The van der Waals surface area contributed by atoms with Gasteiger partial charge in [-0.15, -0.1) is 11.3 Å². The van der Waals surface area contributed by atoms with Gasteiger partial charge in [0.05, 0.1) is 11.4 Å². The third-order valence-electron chi connectivity index (χ3n) is 7.48. The number of piperazine rings is 1. The summed E-state index contributed by atoms with van der Waals surface area (Å²) in [6.07, 6.45) is 9.04. The van der Waals surface area contributed by atoms with E-state index in [0.717, 1.165) is 30.0 Å². The van der Waals surface area contributed by atoms with E-state index in [2.05, 4.69) is 15.3 Å². The smallest absolute Gasteiger partial charge is 0.248 e. The van der Waals surface area contributed by atoms with Crippen LogP contribution in [0.2, 0.25) is 0 Å². The third kappa shape index (κ3) is 6.29. The summed E-state index contributed by atoms with van der Waals surface area (Å²) >= 11 is 1.30. The Morgan fingerprint density at radius 2 is 1.85 bits per heavy atom. The van der Waals surface area contributed by atoms with Gasteiger partial charge < -0.3 is 10.2 Å². The average molecular weight is 582 g/mol. The molecule has 40 heavy (non-hydrogen) atoms. The highest BCUT2D eigenvalue weighted by atomic mass is 32.2. The van der Waals surface area contributed by atoms with Crippen LogP contribution in [0.25, 0.3) is 0 Å². The van der Waals surface area contributed by atoms with Crippen molar-refractivity contribution in [2.24, 2.45) is 5.92 Å². The molecule has 1 saturated heterocycles. The number of rotatable bonds is 9. The van der Waals surface area contributed by atoms with Crippen LogP contribution >= 0.6 is 11.3 Å². The third-order valence-corrected chi connectivity index (χ3v) is 10.0. The molecule has 0 radical (unpaired) electrons. The minimum absolute atomic E-state index is 0.0399. The number of ketones is 1. The topological polar surface area (TPSA) is 130 Å². The predicted molar refractivity (Wildman–Crippen MR) is 150 cm³/mol. The number of hydrogen-bond acceptors (Lipinski definition) is 8. The fourth-order valence-corrected chi connectivity index (χ4v) is 7.34. The van der Waals surface area contributed by atoms with Gasteiger partial charge in [-0.25, -0.2) is 13.4 Å². The van der Waals surface area contributed by atoms with Gasteiger partial charge in [-0.2, -0.15) is 4.31 Å². The largest absolute Gasteiger partial charge is 0.328 e. The van der Waals surface area contributed by atoms with Crippen molar-refractivity contribution in [1.82, 2.24) is 19.2 Å². The van der Waals surface area contributed by atoms with Gasteiger partial charge in [0.25, 0.3) is 0 Å². The molecule has 2 amide bonds. The van der Waals surface area contributed by atoms with E-state index >= 15 is 0 Å². The van der Waals surface area contributed by atoms with Crippen LogP contribution in [0.3, 0.4) is 0 Å². The lowest BCUT2D eigenvalue weighted by Crippen LogP contribution is -2.58. The number of carbonyl (C=O) groups excluding carboxylic acids is 3. The van der Waals surface area contributed by atoms with E-state index in [4.69, 9.17) is 0 Å². The summed E-state index contributed by atoms with van der Waals surface area (Å²) in [7, 11) is -4.07. The molecule has 1 atom stereocenters. The van der Waals surface area contributed by atoms with Crippen LogP contribution in [-0.4, -0.2) is 70.9 Å². The van der Waals surface area contributed by atoms with Gasteiger partial charge in [-0.3, -0.25) is 19.4 Å². The maximum Gasteiger partial charge on any atom is 0.248 e. The van der Waals surface area contributed by atoms with Crippen LogP contribution in [0.5, 0.6) is 0 Å². The Morgan fingerprint density at radius 3 is 2.55 bits per heavy atom. The monoisotopic (exact) mass is 581 g/mol. The number of pyridine rings is 1. The number of thiazole rings is 1. The molecular formula is C28H31N5O5S2. The molecule has 2 aliphatic rings. The maximum atomic E-state index is 13.5. The minimum Gasteiger partial charge on any atom is -0.328 e. The first-order valence-corrected chi connectivity index (χ1v) is 15.7. The van der Waals surface area contributed by atoms with Crippen molar-refractivity contribution in [3.8, 4) is 0 Å². The lowest BCUT2D eigenvalue weighted by atomic mass is 9.84. The van der Waals surface area contributed by atoms with Crippen LogP contribution < -0.4 is 5.32 Å². The van der Waals surface area contributed by atoms with Crippen molar-refractivity contribution in [2.45, 2.75) is 49.5 Å². The van der Waals surface area contributed by atoms with Crippen LogP contribution in [0.15, 0.2) is 65.1 Å². The number of sulfonamides is 1. The quantitative estimate of drug-likeness (QED) is 0.382. The summed E-state index contributed by atoms with van der Waals surface area (Å²) in [5.41, 5.74) is 0.400. The number of hydrogen-bond donors (Lipinski definition) is 1. The van der Waals surface area contributed by atoms with Gasteiger partial charge >= 0.3 is 0 Å². The first-order chi connectivity index (χ1) is 19.3. The van der Waals surface area contributed by atoms with Crippen LogP contribution in [0.4, 0.5) is 5.13 Å². The number of benzene rings is 1. The summed E-state index contributed by atoms with van der Waals surface area (Å²) in [5.74, 6) is -0.790. The van der Waals surface area contributed by atoms with Crippen molar-refractivity contribution in [3.63, 3.8) is 0 Å². The molecule has 12 heteroatoms. The molecule has 0 spiro atoms. The zero-order chi connectivity index (χ0) is 28.1. The second kappa shape index (κ2) is 12.4. The molecule has 3 heterocycles. The second-order valence-corrected chi connectivity index (χ2v) is 12.9. The number of aromatic nitrogens is 2. The molecule has 1 aliphatic carbocycles. The summed E-state index contributed by atoms with van der Waals surface area (Å²) in [5, 5.41) is 5.06. The molecule has 1 aliphatic heterocycles. The minimum atomic E-state index is -4.07. The van der Waals surface area contributed by atoms with E-state index in [9.17, 15) is 22.8 Å². The molecule has 1 unspecified atom stereocenters. The molecule has 3 aromatic rings. The summed E-state index contributed by atoms with van der Waals surface area (Å²) in [4.78, 5) is 49.2. The van der Waals surface area contributed by atoms with E-state index in [1.54, 1.807) is 29.8 Å². The Kier molecular flexibility index (Phi) is 8.67. The zero-order valence-corrected chi connectivity index (χ0v) is 23.6. The molecule has 0 bridgehead atoms. The van der Waals surface area contributed by atoms with Crippen molar-refractivity contribution >= 4 is 44.1 Å². The molecule has 1 saturated carbocycles. The Bertz CT molecular complexity index is 1460. The van der Waals surface area contributed by atoms with Gasteiger partial charge in [-0.1, -0.05) is 50.3 Å². The number of amides is 2. The van der Waals surface area contributed by atoms with Crippen LogP contribution in [0.1, 0.15) is 54.6 Å². The van der Waals surface area contributed by atoms with Crippen molar-refractivity contribution in [1.29, 1.82) is 0 Å². The van der Waals surface area contributed by atoms with Crippen LogP contribution in [-0.2, 0) is 19.6 Å². The molecule has 1 N–H and O–H groups in total. The lowest BCUT2D eigenvalue weighted by Gasteiger charge is -2.39. The Hall–Kier alpha value is -3.48. The zero-order valence-electron chi connectivity index (χ0n) is 21.9. The standard InChI is InChI=1S/C28H31N5O5S2/c34-25-19-32(40(37,38)22-10-6-9-21(18-22)26(35)23-11-4-5-12-29-23)14-15-33(25)24(17-20-7-2-1-3-8-20)27(36)31-28-30-13-16-39-28/h4-6,9-13,16,18,20,24H,1-3,7-8,14-15,17,19H2,(H,30,31,36). The van der Waals surface area contributed by atoms with Crippen LogP contribution in [0, 0.1) is 5.92 Å². The molecule has 1 aromatic carbocycles. The Labute approximate surface area is 237 Å². The number of nitrogens with one attached hydrogen (secondary N) is 1. The number of nitrogens with zero attached hydrogens (tertiary/aromatic N) is 4. The van der Waals surface area contributed by atoms with Gasteiger partial charge in [0, 0.05) is 36.4 Å². The SMILES string of the molecule is O=C(c1cccc(S(=O)(=O)N2CCN(C(CC3CCCCC3)C(=O)Nc3nccs3)C(=O)C2)c1)c1ccccn1. The molecule has 210 valence electrons. The normalized spacial score (nSPS) is 17.9. The van der Waals surface area contributed by atoms with E-state index in [1.165, 1.54) is 53.1 Å². The van der Waals surface area contributed by atoms with E-state index < -0.39 is 27.8 Å². The summed E-state index contributed by atoms with van der Waals surface area (Å²) < 4.78 is 28.2. The van der Waals surface area contributed by atoms with E-state index in [-0.39, 0.29) is 41.7 Å². The van der Waals surface area contributed by atoms with Gasteiger partial charge in [0.15, 0.2) is 5.13 Å². The molecule has 2 aromatic heterocycles. The summed E-state index contributed by atoms with van der Waals surface area (Å²) in [6.45, 7) is -0.252. The molecular weight excluding hydrogens is 550 g/mol. The van der Waals surface area contributed by atoms with Gasteiger partial charge in [0.1, 0.15) is 11.7 Å². The van der Waals surface area contributed by atoms with E-state index in [1.807, 2.05) is 0 Å². The number of anilines is 1. The first-order valence-electron chi connectivity index (χ1n) is 13.4. The predicted octanol–water partition coefficient (Wildman–Crippen LogP) is 3.58. The average Bonchev–Trinajstić information content (AvgIpc) is 3.50.